The zero-order chi connectivity index (χ0) is 8.36. The summed E-state index contributed by atoms with van der Waals surface area (Å²) in [7, 11) is 0. The van der Waals surface area contributed by atoms with Gasteiger partial charge in [0.25, 0.3) is 0 Å². The van der Waals surface area contributed by atoms with Crippen LogP contribution in [0.3, 0.4) is 0 Å². The smallest absolute Gasteiger partial charge is 0.374 e. The van der Waals surface area contributed by atoms with Crippen LogP contribution in [-0.4, -0.2) is 28.9 Å². The van der Waals surface area contributed by atoms with Crippen LogP contribution >= 0.6 is 0 Å². The van der Waals surface area contributed by atoms with Crippen LogP contribution in [0, 0.1) is 0 Å². The van der Waals surface area contributed by atoms with Gasteiger partial charge in [0.05, 0.1) is 0 Å². The Hall–Kier alpha value is -0.780. The zero-order valence-corrected chi connectivity index (χ0v) is 5.09. The third-order valence-corrected chi connectivity index (χ3v) is 0.809. The first-order valence-electron chi connectivity index (χ1n) is 2.38. The molecule has 1 unspecified atom stereocenters. The molecule has 3 nitrogen and oxygen atoms in total. The van der Waals surface area contributed by atoms with Gasteiger partial charge < -0.3 is 5.11 Å². The summed E-state index contributed by atoms with van der Waals surface area (Å²) in [5.41, 5.74) is 0. The molecule has 6 heteroatoms. The van der Waals surface area contributed by atoms with Crippen LogP contribution in [0.4, 0.5) is 13.2 Å². The average Bonchev–Trinajstić information content (AvgIpc) is 1.60. The topological polar surface area (TPSA) is 40.5 Å². The van der Waals surface area contributed by atoms with Crippen molar-refractivity contribution in [3.63, 3.8) is 0 Å². The van der Waals surface area contributed by atoms with Crippen LogP contribution in [-0.2, 0) is 4.79 Å². The van der Waals surface area contributed by atoms with Gasteiger partial charge in [-0.3, -0.25) is 4.79 Å². The molecule has 0 heterocycles. The van der Waals surface area contributed by atoms with Crippen molar-refractivity contribution < 1.29 is 23.1 Å². The van der Waals surface area contributed by atoms with Gasteiger partial charge in [0.1, 0.15) is 6.23 Å². The SMILES string of the molecule is CC(O)N(C=O)C(F)(F)F. The monoisotopic (exact) mass is 157 g/mol. The number of hydrogen-bond acceptors (Lipinski definition) is 2. The van der Waals surface area contributed by atoms with Crippen molar-refractivity contribution in [3.8, 4) is 0 Å². The second kappa shape index (κ2) is 2.87. The minimum absolute atomic E-state index is 0.468. The van der Waals surface area contributed by atoms with E-state index >= 15 is 0 Å². The number of amides is 1. The minimum atomic E-state index is -4.80. The van der Waals surface area contributed by atoms with E-state index in [9.17, 15) is 18.0 Å². The molecule has 0 fully saturated rings. The summed E-state index contributed by atoms with van der Waals surface area (Å²) in [4.78, 5) is 8.99. The number of aliphatic hydroxyl groups excluding tert-OH is 1. The molecule has 0 rings (SSSR count). The van der Waals surface area contributed by atoms with Crippen LogP contribution in [0.15, 0.2) is 0 Å². The Morgan fingerprint density at radius 1 is 1.60 bits per heavy atom. The van der Waals surface area contributed by atoms with Crippen molar-refractivity contribution in [1.29, 1.82) is 0 Å². The molecule has 1 amide bonds. The molecule has 0 aromatic heterocycles. The molecule has 0 saturated carbocycles. The van der Waals surface area contributed by atoms with Gasteiger partial charge in [-0.15, -0.1) is 13.2 Å². The lowest BCUT2D eigenvalue weighted by molar-refractivity contribution is -0.264. The standard InChI is InChI=1S/C4H6F3NO2/c1-3(10)8(2-9)4(5,6)7/h2-3,10H,1H3. The van der Waals surface area contributed by atoms with Crippen molar-refractivity contribution in [2.24, 2.45) is 0 Å². The lowest BCUT2D eigenvalue weighted by Crippen LogP contribution is -2.43. The Bertz CT molecular complexity index is 122. The fraction of sp³-hybridized carbons (Fsp3) is 0.750. The van der Waals surface area contributed by atoms with Crippen molar-refractivity contribution in [2.75, 3.05) is 0 Å². The highest BCUT2D eigenvalue weighted by Crippen LogP contribution is 2.20. The summed E-state index contributed by atoms with van der Waals surface area (Å²) in [6, 6.07) is 0. The van der Waals surface area contributed by atoms with E-state index in [0.29, 0.717) is 0 Å². The summed E-state index contributed by atoms with van der Waals surface area (Å²) in [6.07, 6.45) is -7.10. The first kappa shape index (κ1) is 9.22. The number of nitrogens with zero attached hydrogens (tertiary/aromatic N) is 1. The van der Waals surface area contributed by atoms with Gasteiger partial charge in [0.15, 0.2) is 0 Å². The molecule has 0 aliphatic rings. The number of carbonyl (C=O) groups is 1. The maximum Gasteiger partial charge on any atom is 0.488 e. The van der Waals surface area contributed by atoms with Crippen molar-refractivity contribution >= 4 is 6.41 Å². The van der Waals surface area contributed by atoms with E-state index in [2.05, 4.69) is 0 Å². The number of carbonyl (C=O) groups excluding carboxylic acids is 1. The summed E-state index contributed by atoms with van der Waals surface area (Å²) < 4.78 is 34.5. The molecule has 1 atom stereocenters. The maximum absolute atomic E-state index is 11.5. The molecule has 0 aliphatic carbocycles. The molecule has 0 saturated heterocycles. The van der Waals surface area contributed by atoms with E-state index in [1.165, 1.54) is 0 Å². The highest BCUT2D eigenvalue weighted by molar-refractivity contribution is 5.47. The third kappa shape index (κ3) is 2.22. The summed E-state index contributed by atoms with van der Waals surface area (Å²) in [6.45, 7) is 0.849. The fourth-order valence-corrected chi connectivity index (χ4v) is 0.360. The molecule has 1 N–H and O–H groups in total. The Morgan fingerprint density at radius 3 is 2.00 bits per heavy atom. The molecule has 0 aromatic rings. The zero-order valence-electron chi connectivity index (χ0n) is 5.09. The van der Waals surface area contributed by atoms with Gasteiger partial charge in [-0.25, -0.2) is 4.90 Å². The Labute approximate surface area is 55.0 Å². The van der Waals surface area contributed by atoms with E-state index in [1.54, 1.807) is 0 Å². The Balaban J connectivity index is 4.21. The number of rotatable bonds is 2. The van der Waals surface area contributed by atoms with Crippen LogP contribution in [0.1, 0.15) is 6.92 Å². The first-order chi connectivity index (χ1) is 4.39. The van der Waals surface area contributed by atoms with E-state index in [0.717, 1.165) is 6.92 Å². The lowest BCUT2D eigenvalue weighted by Gasteiger charge is -2.22. The summed E-state index contributed by atoms with van der Waals surface area (Å²) in [5, 5.41) is 8.32. The van der Waals surface area contributed by atoms with E-state index < -0.39 is 23.8 Å². The van der Waals surface area contributed by atoms with Crippen LogP contribution in [0.5, 0.6) is 0 Å². The van der Waals surface area contributed by atoms with Gasteiger partial charge in [0.2, 0.25) is 6.41 Å². The second-order valence-electron chi connectivity index (χ2n) is 1.61. The second-order valence-corrected chi connectivity index (χ2v) is 1.61. The molecule has 60 valence electrons. The number of alkyl halides is 3. The highest BCUT2D eigenvalue weighted by atomic mass is 19.4. The Kier molecular flexibility index (Phi) is 2.65. The molecular weight excluding hydrogens is 151 g/mol. The Morgan fingerprint density at radius 2 is 2.00 bits per heavy atom. The van der Waals surface area contributed by atoms with Gasteiger partial charge in [0, 0.05) is 0 Å². The summed E-state index contributed by atoms with van der Waals surface area (Å²) >= 11 is 0. The molecule has 0 aliphatic heterocycles. The highest BCUT2D eigenvalue weighted by Gasteiger charge is 2.38. The van der Waals surface area contributed by atoms with Crippen LogP contribution in [0.2, 0.25) is 0 Å². The quantitative estimate of drug-likeness (QED) is 0.356. The average molecular weight is 157 g/mol. The van der Waals surface area contributed by atoms with E-state index in [-0.39, 0.29) is 0 Å². The van der Waals surface area contributed by atoms with Crippen molar-refractivity contribution in [3.05, 3.63) is 0 Å². The molecule has 0 aromatic carbocycles. The van der Waals surface area contributed by atoms with Crippen molar-refractivity contribution in [1.82, 2.24) is 4.90 Å². The maximum atomic E-state index is 11.5. The fourth-order valence-electron chi connectivity index (χ4n) is 0.360. The number of halogens is 3. The van der Waals surface area contributed by atoms with Crippen molar-refractivity contribution in [2.45, 2.75) is 19.5 Å². The van der Waals surface area contributed by atoms with Crippen LogP contribution < -0.4 is 0 Å². The predicted octanol–water partition coefficient (Wildman–Crippen LogP) is 0.303. The largest absolute Gasteiger partial charge is 0.488 e. The minimum Gasteiger partial charge on any atom is -0.374 e. The lowest BCUT2D eigenvalue weighted by atomic mass is 10.6. The van der Waals surface area contributed by atoms with Gasteiger partial charge >= 0.3 is 6.30 Å². The van der Waals surface area contributed by atoms with E-state index in [1.807, 2.05) is 0 Å². The van der Waals surface area contributed by atoms with Gasteiger partial charge in [-0.1, -0.05) is 0 Å². The van der Waals surface area contributed by atoms with Crippen LogP contribution in [0.25, 0.3) is 0 Å². The molecular formula is C4H6F3NO2. The normalized spacial score (nSPS) is 14.5. The third-order valence-electron chi connectivity index (χ3n) is 0.809. The molecule has 10 heavy (non-hydrogen) atoms. The van der Waals surface area contributed by atoms with Gasteiger partial charge in [-0.2, -0.15) is 0 Å². The number of aliphatic hydroxyl groups is 1. The van der Waals surface area contributed by atoms with E-state index in [4.69, 9.17) is 5.11 Å². The van der Waals surface area contributed by atoms with Gasteiger partial charge in [-0.05, 0) is 6.92 Å². The summed E-state index contributed by atoms with van der Waals surface area (Å²) in [5.74, 6) is 0. The molecule has 0 radical (unpaired) electrons. The molecule has 0 bridgehead atoms. The number of hydrogen-bond donors (Lipinski definition) is 1. The first-order valence-corrected chi connectivity index (χ1v) is 2.38. The predicted molar refractivity (Wildman–Crippen MR) is 25.6 cm³/mol. The molecule has 0 spiro atoms.